The summed E-state index contributed by atoms with van der Waals surface area (Å²) in [6.45, 7) is 3.57. The second kappa shape index (κ2) is 7.97. The molecule has 0 aliphatic rings. The number of pyridine rings is 2. The summed E-state index contributed by atoms with van der Waals surface area (Å²) in [6, 6.07) is 14.6. The van der Waals surface area contributed by atoms with Crippen LogP contribution in [0.4, 0.5) is 0 Å². The van der Waals surface area contributed by atoms with Gasteiger partial charge >= 0.3 is 5.69 Å². The van der Waals surface area contributed by atoms with Crippen LogP contribution >= 0.6 is 0 Å². The lowest BCUT2D eigenvalue weighted by molar-refractivity contribution is 0.686. The zero-order valence-corrected chi connectivity index (χ0v) is 18.6. The predicted molar refractivity (Wildman–Crippen MR) is 128 cm³/mol. The molecule has 1 N–H and O–H groups in total. The van der Waals surface area contributed by atoms with E-state index < -0.39 is 16.7 Å². The number of nitrogens with one attached hydrogen (secondary N) is 1. The van der Waals surface area contributed by atoms with Crippen LogP contribution in [0.2, 0.25) is 0 Å². The van der Waals surface area contributed by atoms with Gasteiger partial charge in [0.2, 0.25) is 5.82 Å². The second-order valence-corrected chi connectivity index (χ2v) is 8.37. The van der Waals surface area contributed by atoms with Crippen molar-refractivity contribution in [1.82, 2.24) is 29.5 Å². The van der Waals surface area contributed by atoms with Crippen molar-refractivity contribution in [3.8, 4) is 29.1 Å². The van der Waals surface area contributed by atoms with Gasteiger partial charge in [-0.25, -0.2) is 19.7 Å². The predicted octanol–water partition coefficient (Wildman–Crippen LogP) is 2.75. The monoisotopic (exact) mass is 460 g/mol. The minimum Gasteiger partial charge on any atom is -0.273 e. The van der Waals surface area contributed by atoms with Crippen LogP contribution in [0.3, 0.4) is 0 Å². The molecule has 5 aromatic rings. The molecule has 4 aromatic heterocycles. The molecule has 0 spiro atoms. The lowest BCUT2D eigenvalue weighted by Gasteiger charge is -2.18. The Hall–Kier alpha value is -5.22. The van der Waals surface area contributed by atoms with Crippen molar-refractivity contribution in [3.63, 3.8) is 0 Å². The summed E-state index contributed by atoms with van der Waals surface area (Å²) in [5.74, 6) is 0.0298. The molecule has 0 bridgehead atoms. The topological polar surface area (TPSA) is 154 Å². The summed E-state index contributed by atoms with van der Waals surface area (Å²) in [5, 5.41) is 18.7. The quantitative estimate of drug-likeness (QED) is 0.403. The third-order valence-electron chi connectivity index (χ3n) is 5.73. The Labute approximate surface area is 197 Å². The van der Waals surface area contributed by atoms with Gasteiger partial charge in [0.25, 0.3) is 5.56 Å². The number of hydrogen-bond donors (Lipinski definition) is 1. The zero-order valence-electron chi connectivity index (χ0n) is 18.6. The standard InChI is InChI=1S/C25H16N8O2/c1-25(2,13-27)15-4-3-5-16(8-15)33-22-17(23(34)32-24(33)35)12-28-19-7-6-18(31-21(19)22)14-10-29-20(9-26)30-11-14/h3-8,10-12H,1-2H3,(H,32,34,35). The summed E-state index contributed by atoms with van der Waals surface area (Å²) in [6.07, 6.45) is 4.36. The first-order chi connectivity index (χ1) is 16.8. The minimum absolute atomic E-state index is 0.0298. The molecule has 168 valence electrons. The SMILES string of the molecule is CC(C)(C#N)c1cccc(-n2c(=O)[nH]c(=O)c3cnc4ccc(-c5cnc(C#N)nc5)nc4c32)c1. The van der Waals surface area contributed by atoms with Gasteiger partial charge in [-0.05, 0) is 43.7 Å². The number of nitriles is 2. The Morgan fingerprint density at radius 2 is 1.77 bits per heavy atom. The molecular weight excluding hydrogens is 444 g/mol. The molecule has 0 saturated carbocycles. The number of rotatable bonds is 3. The lowest BCUT2D eigenvalue weighted by atomic mass is 9.86. The highest BCUT2D eigenvalue weighted by atomic mass is 16.2. The van der Waals surface area contributed by atoms with Crippen LogP contribution in [0.1, 0.15) is 25.2 Å². The Morgan fingerprint density at radius 3 is 2.49 bits per heavy atom. The molecule has 0 amide bonds. The molecule has 0 aliphatic heterocycles. The third-order valence-corrected chi connectivity index (χ3v) is 5.73. The molecule has 10 nitrogen and oxygen atoms in total. The van der Waals surface area contributed by atoms with Crippen LogP contribution in [-0.2, 0) is 5.41 Å². The van der Waals surface area contributed by atoms with Crippen molar-refractivity contribution in [2.75, 3.05) is 0 Å². The van der Waals surface area contributed by atoms with Crippen molar-refractivity contribution < 1.29 is 0 Å². The summed E-state index contributed by atoms with van der Waals surface area (Å²) in [7, 11) is 0. The molecule has 5 rings (SSSR count). The van der Waals surface area contributed by atoms with Gasteiger partial charge in [0, 0.05) is 24.2 Å². The second-order valence-electron chi connectivity index (χ2n) is 8.37. The van der Waals surface area contributed by atoms with E-state index >= 15 is 0 Å². The summed E-state index contributed by atoms with van der Waals surface area (Å²) in [4.78, 5) is 45.2. The van der Waals surface area contributed by atoms with Gasteiger partial charge in [-0.15, -0.1) is 0 Å². The van der Waals surface area contributed by atoms with Crippen molar-refractivity contribution in [1.29, 1.82) is 10.5 Å². The first-order valence-corrected chi connectivity index (χ1v) is 10.5. The van der Waals surface area contributed by atoms with Crippen LogP contribution in [-0.4, -0.2) is 29.5 Å². The van der Waals surface area contributed by atoms with E-state index in [1.807, 2.05) is 12.1 Å². The van der Waals surface area contributed by atoms with Crippen molar-refractivity contribution in [3.05, 3.63) is 87.2 Å². The molecule has 0 radical (unpaired) electrons. The van der Waals surface area contributed by atoms with E-state index in [-0.39, 0.29) is 16.7 Å². The molecule has 0 atom stereocenters. The van der Waals surface area contributed by atoms with Crippen LogP contribution < -0.4 is 11.2 Å². The number of H-pyrrole nitrogens is 1. The Balaban J connectivity index is 1.85. The molecule has 0 saturated heterocycles. The molecule has 0 fully saturated rings. The Kier molecular flexibility index (Phi) is 4.92. The minimum atomic E-state index is -0.789. The van der Waals surface area contributed by atoms with E-state index in [1.165, 1.54) is 23.2 Å². The summed E-state index contributed by atoms with van der Waals surface area (Å²) in [5.41, 5.74) is 1.29. The van der Waals surface area contributed by atoms with Crippen LogP contribution in [0.25, 0.3) is 38.9 Å². The van der Waals surface area contributed by atoms with Gasteiger partial charge in [-0.3, -0.25) is 19.3 Å². The average molecular weight is 460 g/mol. The number of benzene rings is 1. The first-order valence-electron chi connectivity index (χ1n) is 10.5. The summed E-state index contributed by atoms with van der Waals surface area (Å²) >= 11 is 0. The highest BCUT2D eigenvalue weighted by molar-refractivity contribution is 6.01. The number of aromatic nitrogens is 6. The zero-order chi connectivity index (χ0) is 24.7. The molecule has 0 aliphatic carbocycles. The number of hydrogen-bond acceptors (Lipinski definition) is 8. The molecule has 4 heterocycles. The van der Waals surface area contributed by atoms with Gasteiger partial charge in [0.1, 0.15) is 11.6 Å². The fourth-order valence-electron chi connectivity index (χ4n) is 3.79. The summed E-state index contributed by atoms with van der Waals surface area (Å²) < 4.78 is 1.36. The van der Waals surface area contributed by atoms with Crippen molar-refractivity contribution >= 4 is 21.9 Å². The highest BCUT2D eigenvalue weighted by Gasteiger charge is 2.21. The number of fused-ring (bicyclic) bond motifs is 3. The smallest absolute Gasteiger partial charge is 0.273 e. The van der Waals surface area contributed by atoms with Gasteiger partial charge in [-0.1, -0.05) is 12.1 Å². The van der Waals surface area contributed by atoms with Gasteiger partial charge < -0.3 is 0 Å². The Morgan fingerprint density at radius 1 is 1.00 bits per heavy atom. The fourth-order valence-corrected chi connectivity index (χ4v) is 3.79. The van der Waals surface area contributed by atoms with E-state index in [2.05, 4.69) is 26.0 Å². The highest BCUT2D eigenvalue weighted by Crippen LogP contribution is 2.27. The third kappa shape index (κ3) is 3.59. The number of nitrogens with zero attached hydrogens (tertiary/aromatic N) is 7. The normalized spacial score (nSPS) is 11.3. The van der Waals surface area contributed by atoms with E-state index in [4.69, 9.17) is 10.2 Å². The molecule has 10 heteroatoms. The van der Waals surface area contributed by atoms with Crippen LogP contribution in [0.5, 0.6) is 0 Å². The number of aromatic amines is 1. The van der Waals surface area contributed by atoms with Gasteiger partial charge in [-0.2, -0.15) is 10.5 Å². The van der Waals surface area contributed by atoms with Crippen LogP contribution in [0.15, 0.2) is 64.6 Å². The molecule has 35 heavy (non-hydrogen) atoms. The molecular formula is C25H16N8O2. The van der Waals surface area contributed by atoms with E-state index in [0.29, 0.717) is 33.5 Å². The van der Waals surface area contributed by atoms with Crippen molar-refractivity contribution in [2.45, 2.75) is 19.3 Å². The van der Waals surface area contributed by atoms with E-state index in [1.54, 1.807) is 44.2 Å². The van der Waals surface area contributed by atoms with E-state index in [9.17, 15) is 14.9 Å². The lowest BCUT2D eigenvalue weighted by Crippen LogP contribution is -2.30. The van der Waals surface area contributed by atoms with Crippen molar-refractivity contribution in [2.24, 2.45) is 0 Å². The maximum Gasteiger partial charge on any atom is 0.333 e. The molecule has 0 unspecified atom stereocenters. The maximum atomic E-state index is 13.1. The van der Waals surface area contributed by atoms with E-state index in [0.717, 1.165) is 0 Å². The first kappa shape index (κ1) is 21.6. The maximum absolute atomic E-state index is 13.1. The van der Waals surface area contributed by atoms with Gasteiger partial charge in [0.05, 0.1) is 39.3 Å². The van der Waals surface area contributed by atoms with Gasteiger partial charge in [0.15, 0.2) is 0 Å². The van der Waals surface area contributed by atoms with Crippen LogP contribution in [0, 0.1) is 22.7 Å². The fraction of sp³-hybridized carbons (Fsp3) is 0.120. The molecule has 1 aromatic carbocycles. The average Bonchev–Trinajstić information content (AvgIpc) is 2.88. The largest absolute Gasteiger partial charge is 0.333 e. The Bertz CT molecular complexity index is 1840.